The summed E-state index contributed by atoms with van der Waals surface area (Å²) in [6.07, 6.45) is -0.753. The van der Waals surface area contributed by atoms with Gasteiger partial charge in [-0.2, -0.15) is 0 Å². The van der Waals surface area contributed by atoms with Crippen LogP contribution in [-0.4, -0.2) is 27.0 Å². The summed E-state index contributed by atoms with van der Waals surface area (Å²) in [5, 5.41) is 9.49. The third kappa shape index (κ3) is 4.24. The van der Waals surface area contributed by atoms with Gasteiger partial charge in [0.1, 0.15) is 5.78 Å². The molecule has 88 valence electrons. The molecular formula is C12H16O3S. The minimum absolute atomic E-state index is 0.0671. The van der Waals surface area contributed by atoms with E-state index in [-0.39, 0.29) is 18.0 Å². The highest BCUT2D eigenvalue weighted by atomic mass is 32.2. The van der Waals surface area contributed by atoms with Crippen LogP contribution in [0, 0.1) is 6.92 Å². The molecule has 0 aliphatic heterocycles. The standard InChI is InChI=1S/C12H16O3S/c1-9-3-5-12(6-4-9)16(15)8-11(14)7-10(2)13/h3-6,11,14H,7-8H2,1-2H3/t11-,16?/m0/s1. The van der Waals surface area contributed by atoms with Crippen molar-refractivity contribution in [3.63, 3.8) is 0 Å². The van der Waals surface area contributed by atoms with Gasteiger partial charge in [0.25, 0.3) is 0 Å². The Balaban J connectivity index is 2.58. The number of aliphatic hydroxyl groups is 1. The van der Waals surface area contributed by atoms with Gasteiger partial charge in [0.15, 0.2) is 0 Å². The highest BCUT2D eigenvalue weighted by Crippen LogP contribution is 2.10. The number of carbonyl (C=O) groups excluding carboxylic acids is 1. The largest absolute Gasteiger partial charge is 0.392 e. The van der Waals surface area contributed by atoms with Crippen molar-refractivity contribution in [1.29, 1.82) is 0 Å². The van der Waals surface area contributed by atoms with Gasteiger partial charge in [-0.15, -0.1) is 0 Å². The molecule has 0 saturated heterocycles. The van der Waals surface area contributed by atoms with Crippen LogP contribution in [0.4, 0.5) is 0 Å². The fourth-order valence-corrected chi connectivity index (χ4v) is 2.45. The number of aliphatic hydroxyl groups excluding tert-OH is 1. The highest BCUT2D eigenvalue weighted by molar-refractivity contribution is 7.85. The predicted octanol–water partition coefficient (Wildman–Crippen LogP) is 1.44. The molecule has 0 heterocycles. The number of hydrogen-bond acceptors (Lipinski definition) is 3. The summed E-state index contributed by atoms with van der Waals surface area (Å²) < 4.78 is 11.8. The Kier molecular flexibility index (Phi) is 4.83. The first kappa shape index (κ1) is 13.1. The maximum Gasteiger partial charge on any atom is 0.132 e. The van der Waals surface area contributed by atoms with E-state index in [4.69, 9.17) is 0 Å². The molecule has 0 aromatic heterocycles. The first-order chi connectivity index (χ1) is 7.49. The fraction of sp³-hybridized carbons (Fsp3) is 0.417. The summed E-state index contributed by atoms with van der Waals surface area (Å²) >= 11 is 0. The van der Waals surface area contributed by atoms with Crippen LogP contribution in [0.2, 0.25) is 0 Å². The Morgan fingerprint density at radius 2 is 1.94 bits per heavy atom. The van der Waals surface area contributed by atoms with Crippen molar-refractivity contribution in [2.24, 2.45) is 0 Å². The predicted molar refractivity (Wildman–Crippen MR) is 63.8 cm³/mol. The second-order valence-corrected chi connectivity index (χ2v) is 5.38. The Labute approximate surface area is 98.0 Å². The van der Waals surface area contributed by atoms with Gasteiger partial charge >= 0.3 is 0 Å². The second kappa shape index (κ2) is 5.92. The number of ketones is 1. The SMILES string of the molecule is CC(=O)C[C@H](O)CS(=O)c1ccc(C)cc1. The van der Waals surface area contributed by atoms with Crippen molar-refractivity contribution in [3.05, 3.63) is 29.8 Å². The molecule has 1 aromatic rings. The molecule has 0 bridgehead atoms. The first-order valence-electron chi connectivity index (χ1n) is 5.11. The molecule has 1 aromatic carbocycles. The molecule has 4 heteroatoms. The van der Waals surface area contributed by atoms with Crippen molar-refractivity contribution < 1.29 is 14.1 Å². The van der Waals surface area contributed by atoms with E-state index in [9.17, 15) is 14.1 Å². The fourth-order valence-electron chi connectivity index (χ4n) is 1.35. The van der Waals surface area contributed by atoms with Crippen molar-refractivity contribution in [3.8, 4) is 0 Å². The topological polar surface area (TPSA) is 54.4 Å². The van der Waals surface area contributed by atoms with E-state index in [2.05, 4.69) is 0 Å². The van der Waals surface area contributed by atoms with Gasteiger partial charge in [0.2, 0.25) is 0 Å². The molecule has 0 aliphatic carbocycles. The van der Waals surface area contributed by atoms with E-state index in [0.717, 1.165) is 5.56 Å². The lowest BCUT2D eigenvalue weighted by Gasteiger charge is -2.08. The summed E-state index contributed by atoms with van der Waals surface area (Å²) in [5.74, 6) is 0.0243. The Bertz CT molecular complexity index is 384. The summed E-state index contributed by atoms with van der Waals surface area (Å²) in [6, 6.07) is 7.33. The van der Waals surface area contributed by atoms with Crippen LogP contribution in [0.15, 0.2) is 29.2 Å². The zero-order valence-electron chi connectivity index (χ0n) is 9.47. The minimum atomic E-state index is -1.24. The van der Waals surface area contributed by atoms with Crippen molar-refractivity contribution in [2.45, 2.75) is 31.3 Å². The molecule has 1 N–H and O–H groups in total. The lowest BCUT2D eigenvalue weighted by Crippen LogP contribution is -2.19. The number of benzene rings is 1. The lowest BCUT2D eigenvalue weighted by molar-refractivity contribution is -0.118. The average molecular weight is 240 g/mol. The number of aryl methyl sites for hydroxylation is 1. The van der Waals surface area contributed by atoms with Crippen molar-refractivity contribution in [1.82, 2.24) is 0 Å². The third-order valence-corrected chi connectivity index (χ3v) is 3.64. The molecule has 0 fully saturated rings. The molecule has 2 atom stereocenters. The minimum Gasteiger partial charge on any atom is -0.392 e. The van der Waals surface area contributed by atoms with Gasteiger partial charge in [-0.1, -0.05) is 17.7 Å². The molecule has 1 unspecified atom stereocenters. The molecule has 1 rings (SSSR count). The van der Waals surface area contributed by atoms with Gasteiger partial charge in [-0.25, -0.2) is 0 Å². The maximum atomic E-state index is 11.8. The van der Waals surface area contributed by atoms with E-state index >= 15 is 0 Å². The van der Waals surface area contributed by atoms with Gasteiger partial charge < -0.3 is 5.11 Å². The quantitative estimate of drug-likeness (QED) is 0.847. The summed E-state index contributed by atoms with van der Waals surface area (Å²) in [5.41, 5.74) is 1.10. The zero-order valence-corrected chi connectivity index (χ0v) is 10.3. The normalized spacial score (nSPS) is 14.4. The van der Waals surface area contributed by atoms with E-state index in [1.54, 1.807) is 12.1 Å². The van der Waals surface area contributed by atoms with Crippen LogP contribution >= 0.6 is 0 Å². The molecule has 0 spiro atoms. The number of carbonyl (C=O) groups is 1. The molecule has 16 heavy (non-hydrogen) atoms. The van der Waals surface area contributed by atoms with Gasteiger partial charge in [-0.3, -0.25) is 9.00 Å². The van der Waals surface area contributed by atoms with Crippen LogP contribution in [0.25, 0.3) is 0 Å². The van der Waals surface area contributed by atoms with Crippen LogP contribution in [0.3, 0.4) is 0 Å². The first-order valence-corrected chi connectivity index (χ1v) is 6.43. The molecular weight excluding hydrogens is 224 g/mol. The van der Waals surface area contributed by atoms with Crippen molar-refractivity contribution >= 4 is 16.6 Å². The van der Waals surface area contributed by atoms with Gasteiger partial charge in [-0.05, 0) is 26.0 Å². The smallest absolute Gasteiger partial charge is 0.132 e. The monoisotopic (exact) mass is 240 g/mol. The Hall–Kier alpha value is -1.00. The average Bonchev–Trinajstić information content (AvgIpc) is 2.16. The highest BCUT2D eigenvalue weighted by Gasteiger charge is 2.12. The van der Waals surface area contributed by atoms with Crippen LogP contribution in [0.5, 0.6) is 0 Å². The van der Waals surface area contributed by atoms with Crippen LogP contribution in [0.1, 0.15) is 18.9 Å². The molecule has 3 nitrogen and oxygen atoms in total. The number of rotatable bonds is 5. The van der Waals surface area contributed by atoms with Gasteiger partial charge in [0.05, 0.1) is 22.7 Å². The van der Waals surface area contributed by atoms with E-state index in [1.807, 2.05) is 19.1 Å². The molecule has 0 saturated carbocycles. The Morgan fingerprint density at radius 1 is 1.38 bits per heavy atom. The number of hydrogen-bond donors (Lipinski definition) is 1. The van der Waals surface area contributed by atoms with Crippen molar-refractivity contribution in [2.75, 3.05) is 5.75 Å². The Morgan fingerprint density at radius 3 is 2.44 bits per heavy atom. The third-order valence-electron chi connectivity index (χ3n) is 2.15. The number of Topliss-reactive ketones (excluding diaryl/α,β-unsaturated/α-hetero) is 1. The summed E-state index contributed by atoms with van der Waals surface area (Å²) in [4.78, 5) is 11.4. The van der Waals surface area contributed by atoms with Crippen LogP contribution in [-0.2, 0) is 15.6 Å². The van der Waals surface area contributed by atoms with E-state index in [0.29, 0.717) is 4.90 Å². The molecule has 0 amide bonds. The summed E-state index contributed by atoms with van der Waals surface area (Å²) in [6.45, 7) is 3.37. The van der Waals surface area contributed by atoms with E-state index < -0.39 is 16.9 Å². The van der Waals surface area contributed by atoms with E-state index in [1.165, 1.54) is 6.92 Å². The van der Waals surface area contributed by atoms with Crippen LogP contribution < -0.4 is 0 Å². The lowest BCUT2D eigenvalue weighted by atomic mass is 10.2. The van der Waals surface area contributed by atoms with Gasteiger partial charge in [0, 0.05) is 11.3 Å². The maximum absolute atomic E-state index is 11.8. The molecule has 0 radical (unpaired) electrons. The second-order valence-electron chi connectivity index (χ2n) is 3.89. The summed E-state index contributed by atoms with van der Waals surface area (Å²) in [7, 11) is -1.24. The molecule has 0 aliphatic rings. The zero-order chi connectivity index (χ0) is 12.1.